The molecule has 7 nitrogen and oxygen atoms in total. The Morgan fingerprint density at radius 2 is 2.12 bits per heavy atom. The maximum Gasteiger partial charge on any atom is 0.268 e. The Morgan fingerprint density at radius 3 is 2.75 bits per heavy atom. The van der Waals surface area contributed by atoms with E-state index in [1.54, 1.807) is 30.0 Å². The Kier molecular flexibility index (Phi) is 4.01. The van der Waals surface area contributed by atoms with Gasteiger partial charge in [0, 0.05) is 18.2 Å². The lowest BCUT2D eigenvalue weighted by Gasteiger charge is -2.33. The maximum atomic E-state index is 12.6. The normalized spacial score (nSPS) is 16.6. The van der Waals surface area contributed by atoms with E-state index in [0.29, 0.717) is 29.4 Å². The molecule has 2 amide bonds. The molecule has 1 N–H and O–H groups in total. The fraction of sp³-hybridized carbons (Fsp3) is 0.353. The van der Waals surface area contributed by atoms with Crippen LogP contribution in [0.3, 0.4) is 0 Å². The van der Waals surface area contributed by atoms with E-state index in [1.165, 1.54) is 6.92 Å². The van der Waals surface area contributed by atoms with E-state index in [1.807, 2.05) is 13.8 Å². The zero-order chi connectivity index (χ0) is 17.4. The number of carbonyl (C=O) groups is 2. The van der Waals surface area contributed by atoms with Crippen molar-refractivity contribution in [1.82, 2.24) is 5.16 Å². The van der Waals surface area contributed by atoms with E-state index < -0.39 is 6.10 Å². The molecule has 1 aliphatic rings. The van der Waals surface area contributed by atoms with Crippen molar-refractivity contribution in [3.8, 4) is 5.75 Å². The zero-order valence-electron chi connectivity index (χ0n) is 14.0. The van der Waals surface area contributed by atoms with Crippen molar-refractivity contribution in [3.05, 3.63) is 35.2 Å². The fourth-order valence-corrected chi connectivity index (χ4v) is 2.74. The highest BCUT2D eigenvalue weighted by molar-refractivity contribution is 6.01. The highest BCUT2D eigenvalue weighted by atomic mass is 16.5. The number of fused-ring (bicyclic) bond motifs is 1. The zero-order valence-corrected chi connectivity index (χ0v) is 14.0. The number of aryl methyl sites for hydroxylation is 2. The van der Waals surface area contributed by atoms with E-state index in [0.717, 1.165) is 11.3 Å². The lowest BCUT2D eigenvalue weighted by molar-refractivity contribution is -0.125. The number of nitrogens with one attached hydrogen (secondary N) is 1. The van der Waals surface area contributed by atoms with Crippen LogP contribution in [-0.2, 0) is 16.1 Å². The number of benzene rings is 1. The number of aromatic nitrogens is 1. The molecular weight excluding hydrogens is 310 g/mol. The molecule has 1 unspecified atom stereocenters. The molecule has 3 rings (SSSR count). The minimum absolute atomic E-state index is 0.150. The second-order valence-corrected chi connectivity index (χ2v) is 5.85. The van der Waals surface area contributed by atoms with Crippen LogP contribution in [-0.4, -0.2) is 23.1 Å². The molecule has 0 bridgehead atoms. The first-order chi connectivity index (χ1) is 11.4. The molecule has 2 aromatic rings. The molecule has 1 aromatic heterocycles. The van der Waals surface area contributed by atoms with Gasteiger partial charge in [-0.2, -0.15) is 0 Å². The van der Waals surface area contributed by atoms with Crippen molar-refractivity contribution in [1.29, 1.82) is 0 Å². The van der Waals surface area contributed by atoms with Gasteiger partial charge >= 0.3 is 0 Å². The van der Waals surface area contributed by atoms with Gasteiger partial charge in [0.15, 0.2) is 6.10 Å². The summed E-state index contributed by atoms with van der Waals surface area (Å²) < 4.78 is 10.9. The Hall–Kier alpha value is -2.83. The highest BCUT2D eigenvalue weighted by Gasteiger charge is 2.33. The van der Waals surface area contributed by atoms with Crippen LogP contribution in [0.5, 0.6) is 5.75 Å². The van der Waals surface area contributed by atoms with Gasteiger partial charge in [0.25, 0.3) is 5.91 Å². The molecule has 1 atom stereocenters. The summed E-state index contributed by atoms with van der Waals surface area (Å²) in [7, 11) is 0. The van der Waals surface area contributed by atoms with Crippen LogP contribution in [0.2, 0.25) is 0 Å². The van der Waals surface area contributed by atoms with Gasteiger partial charge < -0.3 is 19.5 Å². The molecule has 0 aliphatic carbocycles. The number of ether oxygens (including phenoxy) is 1. The molecule has 0 saturated heterocycles. The number of nitrogens with zero attached hydrogens (tertiary/aromatic N) is 2. The van der Waals surface area contributed by atoms with Gasteiger partial charge in [-0.05, 0) is 39.0 Å². The fourth-order valence-electron chi connectivity index (χ4n) is 2.74. The van der Waals surface area contributed by atoms with Crippen LogP contribution in [0.1, 0.15) is 30.9 Å². The average molecular weight is 329 g/mol. The van der Waals surface area contributed by atoms with E-state index in [-0.39, 0.29) is 11.8 Å². The van der Waals surface area contributed by atoms with Crippen molar-refractivity contribution in [2.45, 2.75) is 40.3 Å². The first-order valence-corrected chi connectivity index (χ1v) is 7.68. The van der Waals surface area contributed by atoms with Crippen molar-refractivity contribution >= 4 is 23.2 Å². The molecule has 0 spiro atoms. The monoisotopic (exact) mass is 329 g/mol. The Morgan fingerprint density at radius 1 is 1.38 bits per heavy atom. The predicted molar refractivity (Wildman–Crippen MR) is 88.0 cm³/mol. The number of hydrogen-bond donors (Lipinski definition) is 1. The van der Waals surface area contributed by atoms with Crippen LogP contribution >= 0.6 is 0 Å². The number of anilines is 2. The van der Waals surface area contributed by atoms with E-state index >= 15 is 0 Å². The van der Waals surface area contributed by atoms with Crippen molar-refractivity contribution in [3.63, 3.8) is 0 Å². The molecule has 2 heterocycles. The minimum Gasteiger partial charge on any atom is -0.479 e. The SMILES string of the molecule is CC(=O)Nc1ccc2c(c1)N(Cc1c(C)noc1C)C(=O)C(C)O2. The summed E-state index contributed by atoms with van der Waals surface area (Å²) in [4.78, 5) is 25.6. The van der Waals surface area contributed by atoms with Crippen LogP contribution in [0.4, 0.5) is 11.4 Å². The van der Waals surface area contributed by atoms with Gasteiger partial charge in [-0.1, -0.05) is 5.16 Å². The number of amides is 2. The second kappa shape index (κ2) is 5.99. The maximum absolute atomic E-state index is 12.6. The third kappa shape index (κ3) is 2.84. The standard InChI is InChI=1S/C17H19N3O4/c1-9-14(10(2)24-19-9)8-20-15-7-13(18-12(4)21)5-6-16(15)23-11(3)17(20)22/h5-7,11H,8H2,1-4H3,(H,18,21). The Bertz CT molecular complexity index is 793. The van der Waals surface area contributed by atoms with Crippen LogP contribution in [0, 0.1) is 13.8 Å². The third-order valence-electron chi connectivity index (χ3n) is 3.99. The minimum atomic E-state index is -0.579. The average Bonchev–Trinajstić information content (AvgIpc) is 2.83. The van der Waals surface area contributed by atoms with Gasteiger partial charge in [0.2, 0.25) is 5.91 Å². The summed E-state index contributed by atoms with van der Waals surface area (Å²) in [6.07, 6.45) is -0.579. The smallest absolute Gasteiger partial charge is 0.268 e. The summed E-state index contributed by atoms with van der Waals surface area (Å²) >= 11 is 0. The molecule has 7 heteroatoms. The van der Waals surface area contributed by atoms with Crippen LogP contribution in [0.25, 0.3) is 0 Å². The van der Waals surface area contributed by atoms with Gasteiger partial charge in [0.1, 0.15) is 11.5 Å². The van der Waals surface area contributed by atoms with Crippen molar-refractivity contribution in [2.75, 3.05) is 10.2 Å². The molecule has 0 radical (unpaired) electrons. The quantitative estimate of drug-likeness (QED) is 0.935. The largest absolute Gasteiger partial charge is 0.479 e. The lowest BCUT2D eigenvalue weighted by Crippen LogP contribution is -2.44. The molecule has 1 aromatic carbocycles. The lowest BCUT2D eigenvalue weighted by atomic mass is 10.1. The molecular formula is C17H19N3O4. The van der Waals surface area contributed by atoms with Crippen molar-refractivity contribution < 1.29 is 18.8 Å². The Balaban J connectivity index is 2.02. The van der Waals surface area contributed by atoms with Crippen LogP contribution < -0.4 is 15.0 Å². The number of rotatable bonds is 3. The van der Waals surface area contributed by atoms with Gasteiger partial charge in [-0.25, -0.2) is 0 Å². The molecule has 126 valence electrons. The van der Waals surface area contributed by atoms with E-state index in [2.05, 4.69) is 10.5 Å². The summed E-state index contributed by atoms with van der Waals surface area (Å²) in [5, 5.41) is 6.66. The first-order valence-electron chi connectivity index (χ1n) is 7.68. The van der Waals surface area contributed by atoms with Gasteiger partial charge in [0.05, 0.1) is 17.9 Å². The van der Waals surface area contributed by atoms with E-state index in [4.69, 9.17) is 9.26 Å². The molecule has 24 heavy (non-hydrogen) atoms. The number of hydrogen-bond acceptors (Lipinski definition) is 5. The van der Waals surface area contributed by atoms with Gasteiger partial charge in [-0.15, -0.1) is 0 Å². The summed E-state index contributed by atoms with van der Waals surface area (Å²) in [6.45, 7) is 7.15. The van der Waals surface area contributed by atoms with Crippen molar-refractivity contribution in [2.24, 2.45) is 0 Å². The second-order valence-electron chi connectivity index (χ2n) is 5.85. The third-order valence-corrected chi connectivity index (χ3v) is 3.99. The van der Waals surface area contributed by atoms with Gasteiger partial charge in [-0.3, -0.25) is 9.59 Å². The highest BCUT2D eigenvalue weighted by Crippen LogP contribution is 2.37. The summed E-state index contributed by atoms with van der Waals surface area (Å²) in [5.41, 5.74) is 2.84. The first kappa shape index (κ1) is 16.0. The van der Waals surface area contributed by atoms with E-state index in [9.17, 15) is 9.59 Å². The summed E-state index contributed by atoms with van der Waals surface area (Å²) in [6, 6.07) is 5.24. The molecule has 0 saturated carbocycles. The predicted octanol–water partition coefficient (Wildman–Crippen LogP) is 2.56. The molecule has 1 aliphatic heterocycles. The van der Waals surface area contributed by atoms with Crippen LogP contribution in [0.15, 0.2) is 22.7 Å². The number of carbonyl (C=O) groups excluding carboxylic acids is 2. The molecule has 0 fully saturated rings. The summed E-state index contributed by atoms with van der Waals surface area (Å²) in [5.74, 6) is 0.952. The Labute approximate surface area is 139 Å². The topological polar surface area (TPSA) is 84.7 Å².